The smallest absolute Gasteiger partial charge is 0.130 e. The minimum absolute atomic E-state index is 0.375. The topological polar surface area (TPSA) is 42.2 Å². The summed E-state index contributed by atoms with van der Waals surface area (Å²) in [6, 6.07) is 11.8. The number of fused-ring (bicyclic) bond motifs is 1. The molecule has 3 nitrogen and oxygen atoms in total. The normalized spacial score (nSPS) is 9.94. The van der Waals surface area contributed by atoms with E-state index in [4.69, 9.17) is 14.7 Å². The van der Waals surface area contributed by atoms with Crippen LogP contribution in [0.5, 0.6) is 11.5 Å². The van der Waals surface area contributed by atoms with Gasteiger partial charge < -0.3 is 9.47 Å². The Morgan fingerprint density at radius 3 is 2.65 bits per heavy atom. The Bertz CT molecular complexity index is 585. The molecule has 0 saturated heterocycles. The summed E-state index contributed by atoms with van der Waals surface area (Å²) >= 11 is 0. The molecule has 0 spiro atoms. The highest BCUT2D eigenvalue weighted by Crippen LogP contribution is 2.33. The molecule has 0 aliphatic heterocycles. The molecule has 0 bridgehead atoms. The van der Waals surface area contributed by atoms with Gasteiger partial charge in [-0.05, 0) is 17.0 Å². The van der Waals surface area contributed by atoms with Crippen LogP contribution in [-0.4, -0.2) is 14.2 Å². The lowest BCUT2D eigenvalue weighted by Crippen LogP contribution is -1.92. The Balaban J connectivity index is 2.75. The zero-order valence-electron chi connectivity index (χ0n) is 9.86. The number of benzene rings is 2. The highest BCUT2D eigenvalue weighted by Gasteiger charge is 2.09. The van der Waals surface area contributed by atoms with Crippen LogP contribution in [0.15, 0.2) is 30.3 Å². The first kappa shape index (κ1) is 11.3. The molecule has 0 N–H and O–H groups in total. The number of hydrogen-bond donors (Lipinski definition) is 0. The van der Waals surface area contributed by atoms with E-state index in [0.29, 0.717) is 6.42 Å². The van der Waals surface area contributed by atoms with Gasteiger partial charge in [-0.1, -0.05) is 18.2 Å². The molecule has 0 amide bonds. The first-order valence-corrected chi connectivity index (χ1v) is 5.30. The largest absolute Gasteiger partial charge is 0.497 e. The van der Waals surface area contributed by atoms with Crippen molar-refractivity contribution >= 4 is 10.8 Å². The maximum atomic E-state index is 8.83. The maximum absolute atomic E-state index is 8.83. The fraction of sp³-hybridized carbons (Fsp3) is 0.214. The molecule has 3 heteroatoms. The molecule has 86 valence electrons. The highest BCUT2D eigenvalue weighted by atomic mass is 16.5. The average Bonchev–Trinajstić information content (AvgIpc) is 2.38. The minimum atomic E-state index is 0.375. The summed E-state index contributed by atoms with van der Waals surface area (Å²) in [7, 11) is 3.25. The number of nitriles is 1. The third-order valence-electron chi connectivity index (χ3n) is 2.73. The lowest BCUT2D eigenvalue weighted by molar-refractivity contribution is 0.398. The van der Waals surface area contributed by atoms with Gasteiger partial charge in [-0.15, -0.1) is 0 Å². The molecule has 0 fully saturated rings. The summed E-state index contributed by atoms with van der Waals surface area (Å²) in [5.74, 6) is 1.49. The number of hydrogen-bond acceptors (Lipinski definition) is 3. The van der Waals surface area contributed by atoms with E-state index < -0.39 is 0 Å². The molecule has 2 aromatic carbocycles. The first-order chi connectivity index (χ1) is 8.30. The predicted octanol–water partition coefficient (Wildman–Crippen LogP) is 2.92. The molecule has 0 aliphatic carbocycles. The summed E-state index contributed by atoms with van der Waals surface area (Å²) < 4.78 is 10.6. The Morgan fingerprint density at radius 2 is 2.00 bits per heavy atom. The number of nitrogens with zero attached hydrogens (tertiary/aromatic N) is 1. The second kappa shape index (κ2) is 4.75. The van der Waals surface area contributed by atoms with Crippen molar-refractivity contribution in [2.45, 2.75) is 6.42 Å². The zero-order valence-corrected chi connectivity index (χ0v) is 9.86. The van der Waals surface area contributed by atoms with Crippen molar-refractivity contribution in [2.24, 2.45) is 0 Å². The molecule has 0 aromatic heterocycles. The van der Waals surface area contributed by atoms with Crippen molar-refractivity contribution in [3.8, 4) is 17.6 Å². The molecule has 2 rings (SSSR count). The molecule has 0 radical (unpaired) electrons. The molecule has 0 atom stereocenters. The van der Waals surface area contributed by atoms with Gasteiger partial charge >= 0.3 is 0 Å². The summed E-state index contributed by atoms with van der Waals surface area (Å²) in [5, 5.41) is 10.8. The van der Waals surface area contributed by atoms with E-state index in [1.165, 1.54) is 0 Å². The number of methoxy groups -OCH3 is 2. The highest BCUT2D eigenvalue weighted by molar-refractivity contribution is 5.92. The van der Waals surface area contributed by atoms with Gasteiger partial charge in [-0.25, -0.2) is 0 Å². The molecule has 0 aliphatic rings. The van der Waals surface area contributed by atoms with E-state index in [1.807, 2.05) is 30.3 Å². The van der Waals surface area contributed by atoms with Gasteiger partial charge in [0, 0.05) is 11.5 Å². The molecule has 17 heavy (non-hydrogen) atoms. The SMILES string of the molecule is COc1cc(OC)c2c(CC#N)cccc2c1. The summed E-state index contributed by atoms with van der Waals surface area (Å²) in [5.41, 5.74) is 0.976. The number of ether oxygens (including phenoxy) is 2. The molecule has 0 unspecified atom stereocenters. The van der Waals surface area contributed by atoms with Crippen LogP contribution in [0, 0.1) is 11.3 Å². The Morgan fingerprint density at radius 1 is 1.18 bits per heavy atom. The summed E-state index contributed by atoms with van der Waals surface area (Å²) in [4.78, 5) is 0. The van der Waals surface area contributed by atoms with Crippen LogP contribution in [0.1, 0.15) is 5.56 Å². The van der Waals surface area contributed by atoms with E-state index in [9.17, 15) is 0 Å². The van der Waals surface area contributed by atoms with E-state index in [-0.39, 0.29) is 0 Å². The van der Waals surface area contributed by atoms with E-state index >= 15 is 0 Å². The van der Waals surface area contributed by atoms with Gasteiger partial charge in [0.05, 0.1) is 26.7 Å². The van der Waals surface area contributed by atoms with Crippen LogP contribution >= 0.6 is 0 Å². The summed E-state index contributed by atoms with van der Waals surface area (Å²) in [6.07, 6.45) is 0.375. The second-order valence-electron chi connectivity index (χ2n) is 3.68. The van der Waals surface area contributed by atoms with Crippen LogP contribution in [0.3, 0.4) is 0 Å². The molecular formula is C14H13NO2. The third-order valence-corrected chi connectivity index (χ3v) is 2.73. The Hall–Kier alpha value is -2.21. The van der Waals surface area contributed by atoms with Crippen molar-refractivity contribution in [1.29, 1.82) is 5.26 Å². The van der Waals surface area contributed by atoms with Crippen molar-refractivity contribution in [2.75, 3.05) is 14.2 Å². The summed E-state index contributed by atoms with van der Waals surface area (Å²) in [6.45, 7) is 0. The van der Waals surface area contributed by atoms with Crippen LogP contribution in [0.4, 0.5) is 0 Å². The first-order valence-electron chi connectivity index (χ1n) is 5.30. The molecular weight excluding hydrogens is 214 g/mol. The van der Waals surface area contributed by atoms with Gasteiger partial charge in [0.15, 0.2) is 0 Å². The van der Waals surface area contributed by atoms with Crippen LogP contribution in [0.25, 0.3) is 10.8 Å². The van der Waals surface area contributed by atoms with Crippen LogP contribution in [0.2, 0.25) is 0 Å². The van der Waals surface area contributed by atoms with Gasteiger partial charge in [0.1, 0.15) is 11.5 Å². The van der Waals surface area contributed by atoms with Crippen LogP contribution < -0.4 is 9.47 Å². The van der Waals surface area contributed by atoms with Gasteiger partial charge in [0.2, 0.25) is 0 Å². The van der Waals surface area contributed by atoms with Crippen molar-refractivity contribution in [3.63, 3.8) is 0 Å². The van der Waals surface area contributed by atoms with Gasteiger partial charge in [0.25, 0.3) is 0 Å². The third kappa shape index (κ3) is 2.02. The standard InChI is InChI=1S/C14H13NO2/c1-16-12-8-11-5-3-4-10(6-7-15)14(11)13(9-12)17-2/h3-5,8-9H,6H2,1-2H3. The Labute approximate surface area is 100 Å². The second-order valence-corrected chi connectivity index (χ2v) is 3.68. The van der Waals surface area contributed by atoms with Gasteiger partial charge in [-0.2, -0.15) is 5.26 Å². The minimum Gasteiger partial charge on any atom is -0.497 e. The Kier molecular flexibility index (Phi) is 3.15. The van der Waals surface area contributed by atoms with E-state index in [2.05, 4.69) is 6.07 Å². The zero-order chi connectivity index (χ0) is 12.3. The van der Waals surface area contributed by atoms with E-state index in [1.54, 1.807) is 14.2 Å². The van der Waals surface area contributed by atoms with Crippen molar-refractivity contribution in [3.05, 3.63) is 35.9 Å². The predicted molar refractivity (Wildman–Crippen MR) is 66.4 cm³/mol. The fourth-order valence-electron chi connectivity index (χ4n) is 1.95. The molecule has 0 saturated carbocycles. The lowest BCUT2D eigenvalue weighted by Gasteiger charge is -2.11. The number of rotatable bonds is 3. The monoisotopic (exact) mass is 227 g/mol. The van der Waals surface area contributed by atoms with Crippen LogP contribution in [-0.2, 0) is 6.42 Å². The fourth-order valence-corrected chi connectivity index (χ4v) is 1.95. The average molecular weight is 227 g/mol. The molecule has 0 heterocycles. The van der Waals surface area contributed by atoms with Gasteiger partial charge in [-0.3, -0.25) is 0 Å². The molecule has 2 aromatic rings. The van der Waals surface area contributed by atoms with Crippen molar-refractivity contribution < 1.29 is 9.47 Å². The van der Waals surface area contributed by atoms with E-state index in [0.717, 1.165) is 27.8 Å². The maximum Gasteiger partial charge on any atom is 0.130 e. The lowest BCUT2D eigenvalue weighted by atomic mass is 10.0. The quantitative estimate of drug-likeness (QED) is 0.809. The van der Waals surface area contributed by atoms with Crippen molar-refractivity contribution in [1.82, 2.24) is 0 Å².